The van der Waals surface area contributed by atoms with Crippen LogP contribution in [0.25, 0.3) is 0 Å². The predicted octanol–water partition coefficient (Wildman–Crippen LogP) is 4.19. The van der Waals surface area contributed by atoms with E-state index in [1.807, 2.05) is 0 Å². The van der Waals surface area contributed by atoms with E-state index < -0.39 is 6.61 Å². The van der Waals surface area contributed by atoms with E-state index in [4.69, 9.17) is 0 Å². The van der Waals surface area contributed by atoms with Crippen molar-refractivity contribution in [3.05, 3.63) is 64.7 Å². The summed E-state index contributed by atoms with van der Waals surface area (Å²) >= 11 is 0. The Kier molecular flexibility index (Phi) is 5.28. The van der Waals surface area contributed by atoms with Crippen LogP contribution in [0.15, 0.2) is 42.5 Å². The topological polar surface area (TPSA) is 21.3 Å². The average Bonchev–Trinajstić information content (AvgIpc) is 2.43. The van der Waals surface area contributed by atoms with Gasteiger partial charge >= 0.3 is 6.61 Å². The molecule has 21 heavy (non-hydrogen) atoms. The molecular weight excluding hydrogens is 272 g/mol. The second-order valence-corrected chi connectivity index (χ2v) is 5.00. The average molecular weight is 291 g/mol. The highest BCUT2D eigenvalue weighted by atomic mass is 19.3. The maximum absolute atomic E-state index is 12.1. The van der Waals surface area contributed by atoms with Crippen LogP contribution in [-0.4, -0.2) is 6.61 Å². The summed E-state index contributed by atoms with van der Waals surface area (Å²) in [5.41, 5.74) is 4.87. The number of benzene rings is 2. The second kappa shape index (κ2) is 7.18. The highest BCUT2D eigenvalue weighted by Gasteiger charge is 2.04. The van der Waals surface area contributed by atoms with Crippen molar-refractivity contribution in [1.82, 2.24) is 5.32 Å². The molecule has 0 aliphatic heterocycles. The van der Waals surface area contributed by atoms with Crippen LogP contribution in [0.5, 0.6) is 5.75 Å². The monoisotopic (exact) mass is 291 g/mol. The number of hydrogen-bond donors (Lipinski definition) is 1. The van der Waals surface area contributed by atoms with Gasteiger partial charge in [0, 0.05) is 13.1 Å². The Labute approximate surface area is 123 Å². The van der Waals surface area contributed by atoms with Gasteiger partial charge in [-0.05, 0) is 48.2 Å². The van der Waals surface area contributed by atoms with Crippen LogP contribution in [0.2, 0.25) is 0 Å². The summed E-state index contributed by atoms with van der Waals surface area (Å²) < 4.78 is 28.4. The van der Waals surface area contributed by atoms with E-state index in [0.717, 1.165) is 12.1 Å². The van der Waals surface area contributed by atoms with E-state index in [1.54, 1.807) is 24.3 Å². The number of aryl methyl sites for hydroxylation is 2. The van der Waals surface area contributed by atoms with Gasteiger partial charge in [0.05, 0.1) is 0 Å². The van der Waals surface area contributed by atoms with Crippen molar-refractivity contribution in [2.45, 2.75) is 33.5 Å². The van der Waals surface area contributed by atoms with Gasteiger partial charge in [-0.1, -0.05) is 30.3 Å². The molecule has 0 heterocycles. The molecule has 1 N–H and O–H groups in total. The van der Waals surface area contributed by atoms with Crippen molar-refractivity contribution in [3.8, 4) is 5.75 Å². The minimum Gasteiger partial charge on any atom is -0.435 e. The number of hydrogen-bond acceptors (Lipinski definition) is 2. The molecule has 112 valence electrons. The molecule has 0 spiro atoms. The van der Waals surface area contributed by atoms with E-state index in [1.165, 1.54) is 16.7 Å². The van der Waals surface area contributed by atoms with Gasteiger partial charge in [-0.15, -0.1) is 0 Å². The molecule has 4 heteroatoms. The molecule has 2 aromatic carbocycles. The van der Waals surface area contributed by atoms with Crippen LogP contribution in [-0.2, 0) is 13.1 Å². The van der Waals surface area contributed by atoms with Gasteiger partial charge in [-0.3, -0.25) is 0 Å². The van der Waals surface area contributed by atoms with Gasteiger partial charge in [-0.25, -0.2) is 0 Å². The summed E-state index contributed by atoms with van der Waals surface area (Å²) in [6, 6.07) is 12.9. The van der Waals surface area contributed by atoms with Gasteiger partial charge in [-0.2, -0.15) is 8.78 Å². The maximum atomic E-state index is 12.1. The molecule has 0 aliphatic carbocycles. The molecule has 2 aromatic rings. The zero-order valence-electron chi connectivity index (χ0n) is 12.2. The minimum atomic E-state index is -2.78. The summed E-state index contributed by atoms with van der Waals surface area (Å²) in [6.45, 7) is 2.88. The van der Waals surface area contributed by atoms with Crippen LogP contribution in [0, 0.1) is 13.8 Å². The molecule has 0 radical (unpaired) electrons. The van der Waals surface area contributed by atoms with Gasteiger partial charge in [0.1, 0.15) is 5.75 Å². The Morgan fingerprint density at radius 1 is 0.952 bits per heavy atom. The largest absolute Gasteiger partial charge is 0.435 e. The maximum Gasteiger partial charge on any atom is 0.387 e. The number of rotatable bonds is 6. The van der Waals surface area contributed by atoms with Crippen molar-refractivity contribution in [2.75, 3.05) is 0 Å². The third-order valence-corrected chi connectivity index (χ3v) is 3.42. The minimum absolute atomic E-state index is 0.184. The van der Waals surface area contributed by atoms with Crippen LogP contribution >= 0.6 is 0 Å². The molecule has 0 saturated carbocycles. The highest BCUT2D eigenvalue weighted by molar-refractivity contribution is 5.33. The van der Waals surface area contributed by atoms with Crippen LogP contribution in [0.1, 0.15) is 22.3 Å². The molecule has 2 rings (SSSR count). The first-order valence-electron chi connectivity index (χ1n) is 6.86. The van der Waals surface area contributed by atoms with E-state index in [-0.39, 0.29) is 5.75 Å². The van der Waals surface area contributed by atoms with Crippen molar-refractivity contribution < 1.29 is 13.5 Å². The molecule has 0 fully saturated rings. The first-order chi connectivity index (χ1) is 10.1. The van der Waals surface area contributed by atoms with Crippen molar-refractivity contribution in [2.24, 2.45) is 0 Å². The lowest BCUT2D eigenvalue weighted by Gasteiger charge is -2.11. The lowest BCUT2D eigenvalue weighted by Crippen LogP contribution is -2.14. The molecule has 0 bridgehead atoms. The van der Waals surface area contributed by atoms with E-state index in [2.05, 4.69) is 42.1 Å². The lowest BCUT2D eigenvalue weighted by atomic mass is 10.0. The van der Waals surface area contributed by atoms with Crippen LogP contribution in [0.3, 0.4) is 0 Å². The number of nitrogens with one attached hydrogen (secondary N) is 1. The third kappa shape index (κ3) is 4.53. The quantitative estimate of drug-likeness (QED) is 0.861. The van der Waals surface area contributed by atoms with Gasteiger partial charge in [0.15, 0.2) is 0 Å². The SMILES string of the molecule is Cc1cccc(C)c1CNCc1ccc(OC(F)F)cc1. The van der Waals surface area contributed by atoms with Gasteiger partial charge < -0.3 is 10.1 Å². The Morgan fingerprint density at radius 3 is 2.14 bits per heavy atom. The fraction of sp³-hybridized carbons (Fsp3) is 0.294. The van der Waals surface area contributed by atoms with E-state index in [0.29, 0.717) is 6.54 Å². The summed E-state index contributed by atoms with van der Waals surface area (Å²) in [4.78, 5) is 0. The Bertz CT molecular complexity index is 562. The van der Waals surface area contributed by atoms with Crippen LogP contribution in [0.4, 0.5) is 8.78 Å². The highest BCUT2D eigenvalue weighted by Crippen LogP contribution is 2.16. The molecule has 0 aromatic heterocycles. The molecule has 0 amide bonds. The third-order valence-electron chi connectivity index (χ3n) is 3.42. The lowest BCUT2D eigenvalue weighted by molar-refractivity contribution is -0.0498. The van der Waals surface area contributed by atoms with Gasteiger partial charge in [0.2, 0.25) is 0 Å². The molecule has 0 saturated heterocycles. The number of halogens is 2. The predicted molar refractivity (Wildman–Crippen MR) is 79.5 cm³/mol. The fourth-order valence-electron chi connectivity index (χ4n) is 2.25. The summed E-state index contributed by atoms with van der Waals surface area (Å²) in [6.07, 6.45) is 0. The molecule has 2 nitrogen and oxygen atoms in total. The van der Waals surface area contributed by atoms with Crippen molar-refractivity contribution in [3.63, 3.8) is 0 Å². The van der Waals surface area contributed by atoms with Crippen molar-refractivity contribution in [1.29, 1.82) is 0 Å². The van der Waals surface area contributed by atoms with E-state index in [9.17, 15) is 8.78 Å². The summed E-state index contributed by atoms with van der Waals surface area (Å²) in [7, 11) is 0. The van der Waals surface area contributed by atoms with Crippen molar-refractivity contribution >= 4 is 0 Å². The first kappa shape index (κ1) is 15.4. The Balaban J connectivity index is 1.89. The number of ether oxygens (including phenoxy) is 1. The smallest absolute Gasteiger partial charge is 0.387 e. The zero-order valence-corrected chi connectivity index (χ0v) is 12.2. The Morgan fingerprint density at radius 2 is 1.57 bits per heavy atom. The fourth-order valence-corrected chi connectivity index (χ4v) is 2.25. The van der Waals surface area contributed by atoms with Crippen LogP contribution < -0.4 is 10.1 Å². The molecule has 0 aliphatic rings. The zero-order chi connectivity index (χ0) is 15.2. The second-order valence-electron chi connectivity index (χ2n) is 5.00. The molecule has 0 unspecified atom stereocenters. The normalized spacial score (nSPS) is 10.9. The number of alkyl halides is 2. The standard InChI is InChI=1S/C17H19F2NO/c1-12-4-3-5-13(2)16(12)11-20-10-14-6-8-15(9-7-14)21-17(18)19/h3-9,17,20H,10-11H2,1-2H3. The van der Waals surface area contributed by atoms with Gasteiger partial charge in [0.25, 0.3) is 0 Å². The molecular formula is C17H19F2NO. The first-order valence-corrected chi connectivity index (χ1v) is 6.86. The van der Waals surface area contributed by atoms with E-state index >= 15 is 0 Å². The Hall–Kier alpha value is -1.94. The summed E-state index contributed by atoms with van der Waals surface area (Å²) in [5, 5.41) is 3.37. The molecule has 0 atom stereocenters. The summed E-state index contributed by atoms with van der Waals surface area (Å²) in [5.74, 6) is 0.184.